The molecule has 0 amide bonds. The van der Waals surface area contributed by atoms with Gasteiger partial charge in [0.25, 0.3) is 0 Å². The number of aliphatic hydroxyl groups excluding tert-OH is 1. The molecule has 0 aromatic heterocycles. The molecule has 1 rings (SSSR count). The molecule has 0 aromatic carbocycles. The van der Waals surface area contributed by atoms with Crippen molar-refractivity contribution in [3.63, 3.8) is 0 Å². The van der Waals surface area contributed by atoms with Crippen molar-refractivity contribution in [3.8, 4) is 0 Å². The lowest BCUT2D eigenvalue weighted by Crippen LogP contribution is -2.03. The van der Waals surface area contributed by atoms with Gasteiger partial charge in [0.05, 0.1) is 0 Å². The van der Waals surface area contributed by atoms with Gasteiger partial charge in [0.2, 0.25) is 0 Å². The fourth-order valence-electron chi connectivity index (χ4n) is 1.55. The summed E-state index contributed by atoms with van der Waals surface area (Å²) in [6.07, 6.45) is 6.94. The third-order valence-corrected chi connectivity index (χ3v) is 2.14. The third-order valence-electron chi connectivity index (χ3n) is 2.14. The number of hydrogen-bond donors (Lipinski definition) is 1. The van der Waals surface area contributed by atoms with Crippen molar-refractivity contribution in [2.75, 3.05) is 6.61 Å². The van der Waals surface area contributed by atoms with E-state index in [0.29, 0.717) is 6.61 Å². The van der Waals surface area contributed by atoms with Gasteiger partial charge in [-0.05, 0) is 31.6 Å². The van der Waals surface area contributed by atoms with E-state index in [0.717, 1.165) is 12.3 Å². The SMILES string of the molecule is CC1CCC=C(CCO)C1. The lowest BCUT2D eigenvalue weighted by molar-refractivity contribution is 0.294. The minimum absolute atomic E-state index is 0.318. The second kappa shape index (κ2) is 3.77. The molecule has 0 heterocycles. The van der Waals surface area contributed by atoms with E-state index in [1.807, 2.05) is 0 Å². The minimum Gasteiger partial charge on any atom is -0.396 e. The minimum atomic E-state index is 0.318. The van der Waals surface area contributed by atoms with Crippen molar-refractivity contribution in [2.45, 2.75) is 32.6 Å². The van der Waals surface area contributed by atoms with Gasteiger partial charge in [-0.1, -0.05) is 18.6 Å². The van der Waals surface area contributed by atoms with Crippen LogP contribution in [-0.4, -0.2) is 11.7 Å². The number of allylic oxidation sites excluding steroid dienone is 1. The molecule has 1 nitrogen and oxygen atoms in total. The zero-order valence-electron chi connectivity index (χ0n) is 6.64. The average molecular weight is 140 g/mol. The Kier molecular flexibility index (Phi) is 2.94. The molecule has 1 atom stereocenters. The topological polar surface area (TPSA) is 20.2 Å². The fraction of sp³-hybridized carbons (Fsp3) is 0.778. The summed E-state index contributed by atoms with van der Waals surface area (Å²) in [5.41, 5.74) is 1.46. The molecule has 0 saturated carbocycles. The van der Waals surface area contributed by atoms with E-state index >= 15 is 0 Å². The van der Waals surface area contributed by atoms with Crippen molar-refractivity contribution in [1.29, 1.82) is 0 Å². The predicted molar refractivity (Wildman–Crippen MR) is 42.8 cm³/mol. The van der Waals surface area contributed by atoms with E-state index in [2.05, 4.69) is 13.0 Å². The average Bonchev–Trinajstić information content (AvgIpc) is 1.88. The smallest absolute Gasteiger partial charge is 0.0468 e. The van der Waals surface area contributed by atoms with Crippen molar-refractivity contribution in [2.24, 2.45) is 5.92 Å². The molecule has 1 aliphatic rings. The van der Waals surface area contributed by atoms with Crippen molar-refractivity contribution < 1.29 is 5.11 Å². The summed E-state index contributed by atoms with van der Waals surface area (Å²) in [4.78, 5) is 0. The van der Waals surface area contributed by atoms with E-state index in [1.54, 1.807) is 0 Å². The van der Waals surface area contributed by atoms with E-state index < -0.39 is 0 Å². The van der Waals surface area contributed by atoms with Crippen molar-refractivity contribution >= 4 is 0 Å². The monoisotopic (exact) mass is 140 g/mol. The normalized spacial score (nSPS) is 26.2. The van der Waals surface area contributed by atoms with Crippen LogP contribution in [0.15, 0.2) is 11.6 Å². The van der Waals surface area contributed by atoms with Crippen molar-refractivity contribution in [1.82, 2.24) is 0 Å². The van der Waals surface area contributed by atoms with Gasteiger partial charge in [-0.3, -0.25) is 0 Å². The van der Waals surface area contributed by atoms with Crippen LogP contribution in [0.5, 0.6) is 0 Å². The molecule has 1 aliphatic carbocycles. The van der Waals surface area contributed by atoms with Crippen LogP contribution >= 0.6 is 0 Å². The lowest BCUT2D eigenvalue weighted by Gasteiger charge is -2.17. The highest BCUT2D eigenvalue weighted by atomic mass is 16.2. The van der Waals surface area contributed by atoms with Gasteiger partial charge < -0.3 is 5.11 Å². The Morgan fingerprint density at radius 2 is 2.50 bits per heavy atom. The summed E-state index contributed by atoms with van der Waals surface area (Å²) in [6.45, 7) is 2.60. The van der Waals surface area contributed by atoms with Crippen LogP contribution in [-0.2, 0) is 0 Å². The fourth-order valence-corrected chi connectivity index (χ4v) is 1.55. The van der Waals surface area contributed by atoms with E-state index in [-0.39, 0.29) is 0 Å². The van der Waals surface area contributed by atoms with Gasteiger partial charge in [0, 0.05) is 6.61 Å². The van der Waals surface area contributed by atoms with Crippen LogP contribution in [0.25, 0.3) is 0 Å². The molecule has 0 bridgehead atoms. The van der Waals surface area contributed by atoms with E-state index in [9.17, 15) is 0 Å². The maximum Gasteiger partial charge on any atom is 0.0468 e. The standard InChI is InChI=1S/C9H16O/c1-8-3-2-4-9(7-8)5-6-10/h4,8,10H,2-3,5-7H2,1H3. The maximum absolute atomic E-state index is 8.66. The van der Waals surface area contributed by atoms with Crippen LogP contribution in [0.1, 0.15) is 32.6 Å². The maximum atomic E-state index is 8.66. The van der Waals surface area contributed by atoms with Crippen LogP contribution < -0.4 is 0 Å². The first-order valence-electron chi connectivity index (χ1n) is 4.11. The zero-order valence-corrected chi connectivity index (χ0v) is 6.64. The van der Waals surface area contributed by atoms with Crippen molar-refractivity contribution in [3.05, 3.63) is 11.6 Å². The first kappa shape index (κ1) is 7.80. The van der Waals surface area contributed by atoms with Gasteiger partial charge >= 0.3 is 0 Å². The molecule has 58 valence electrons. The van der Waals surface area contributed by atoms with Crippen LogP contribution in [0.3, 0.4) is 0 Å². The number of aliphatic hydroxyl groups is 1. The Morgan fingerprint density at radius 1 is 1.70 bits per heavy atom. The summed E-state index contributed by atoms with van der Waals surface area (Å²) < 4.78 is 0. The van der Waals surface area contributed by atoms with E-state index in [1.165, 1.54) is 24.8 Å². The zero-order chi connectivity index (χ0) is 7.40. The first-order valence-corrected chi connectivity index (χ1v) is 4.11. The molecule has 0 saturated heterocycles. The van der Waals surface area contributed by atoms with Crippen LogP contribution in [0.4, 0.5) is 0 Å². The predicted octanol–water partition coefficient (Wildman–Crippen LogP) is 2.12. The highest BCUT2D eigenvalue weighted by Crippen LogP contribution is 2.24. The summed E-state index contributed by atoms with van der Waals surface area (Å²) in [6, 6.07) is 0. The molecular formula is C9H16O. The van der Waals surface area contributed by atoms with Gasteiger partial charge in [-0.2, -0.15) is 0 Å². The Labute approximate surface area is 62.8 Å². The molecule has 0 aromatic rings. The molecule has 10 heavy (non-hydrogen) atoms. The van der Waals surface area contributed by atoms with Gasteiger partial charge in [0.1, 0.15) is 0 Å². The van der Waals surface area contributed by atoms with Gasteiger partial charge in [0.15, 0.2) is 0 Å². The van der Waals surface area contributed by atoms with Gasteiger partial charge in [-0.15, -0.1) is 0 Å². The van der Waals surface area contributed by atoms with E-state index in [4.69, 9.17) is 5.11 Å². The molecule has 0 aliphatic heterocycles. The summed E-state index contributed by atoms with van der Waals surface area (Å²) in [5.74, 6) is 0.839. The second-order valence-corrected chi connectivity index (χ2v) is 3.22. The Morgan fingerprint density at radius 3 is 3.10 bits per heavy atom. The quantitative estimate of drug-likeness (QED) is 0.582. The summed E-state index contributed by atoms with van der Waals surface area (Å²) in [7, 11) is 0. The molecule has 1 N–H and O–H groups in total. The number of hydrogen-bond acceptors (Lipinski definition) is 1. The Hall–Kier alpha value is -0.300. The highest BCUT2D eigenvalue weighted by molar-refractivity contribution is 5.06. The second-order valence-electron chi connectivity index (χ2n) is 3.22. The molecule has 1 heteroatoms. The highest BCUT2D eigenvalue weighted by Gasteiger charge is 2.09. The van der Waals surface area contributed by atoms with Crippen LogP contribution in [0, 0.1) is 5.92 Å². The molecule has 0 spiro atoms. The largest absolute Gasteiger partial charge is 0.396 e. The van der Waals surface area contributed by atoms with Gasteiger partial charge in [-0.25, -0.2) is 0 Å². The summed E-state index contributed by atoms with van der Waals surface area (Å²) in [5, 5.41) is 8.66. The number of rotatable bonds is 2. The first-order chi connectivity index (χ1) is 4.83. The Bertz CT molecular complexity index is 127. The Balaban J connectivity index is 2.36. The lowest BCUT2D eigenvalue weighted by atomic mass is 9.89. The third kappa shape index (κ3) is 2.14. The van der Waals surface area contributed by atoms with Crippen LogP contribution in [0.2, 0.25) is 0 Å². The molecule has 1 unspecified atom stereocenters. The molecule has 0 fully saturated rings. The summed E-state index contributed by atoms with van der Waals surface area (Å²) >= 11 is 0. The molecular weight excluding hydrogens is 124 g/mol. The molecule has 0 radical (unpaired) electrons.